The van der Waals surface area contributed by atoms with E-state index in [4.69, 9.17) is 22.1 Å². The summed E-state index contributed by atoms with van der Waals surface area (Å²) in [5, 5.41) is 0.0498. The fraction of sp³-hybridized carbons (Fsp3) is 0.0909. The Labute approximate surface area is 102 Å². The second kappa shape index (κ2) is 4.55. The van der Waals surface area contributed by atoms with E-state index in [0.29, 0.717) is 17.1 Å². The Morgan fingerprint density at radius 3 is 2.53 bits per heavy atom. The average molecular weight is 254 g/mol. The van der Waals surface area contributed by atoms with Crippen LogP contribution in [-0.2, 0) is 0 Å². The summed E-state index contributed by atoms with van der Waals surface area (Å²) >= 11 is 5.70. The summed E-state index contributed by atoms with van der Waals surface area (Å²) < 4.78 is 18.1. The molecule has 6 heteroatoms. The van der Waals surface area contributed by atoms with Crippen molar-refractivity contribution in [2.45, 2.75) is 6.92 Å². The number of nitrogens with two attached hydrogens (primary N) is 1. The number of ether oxygens (including phenoxy) is 1. The van der Waals surface area contributed by atoms with Crippen LogP contribution in [0.3, 0.4) is 0 Å². The molecule has 0 aliphatic heterocycles. The molecule has 88 valence electrons. The first-order valence-electron chi connectivity index (χ1n) is 4.79. The molecule has 1 aromatic carbocycles. The summed E-state index contributed by atoms with van der Waals surface area (Å²) in [6.07, 6.45) is 0. The number of halogens is 2. The number of aryl methyl sites for hydroxylation is 1. The zero-order valence-electron chi connectivity index (χ0n) is 8.95. The van der Waals surface area contributed by atoms with Gasteiger partial charge in [0.25, 0.3) is 0 Å². The molecule has 0 unspecified atom stereocenters. The maximum absolute atomic E-state index is 12.7. The number of anilines is 1. The van der Waals surface area contributed by atoms with Crippen molar-refractivity contribution in [1.29, 1.82) is 0 Å². The topological polar surface area (TPSA) is 61.0 Å². The van der Waals surface area contributed by atoms with Gasteiger partial charge in [-0.05, 0) is 42.8 Å². The van der Waals surface area contributed by atoms with Crippen LogP contribution in [-0.4, -0.2) is 9.97 Å². The number of nitrogens with zero attached hydrogens (tertiary/aromatic N) is 2. The molecule has 0 saturated heterocycles. The Bertz CT molecular complexity index is 545. The average Bonchev–Trinajstić information content (AvgIpc) is 2.28. The van der Waals surface area contributed by atoms with Gasteiger partial charge in [0, 0.05) is 0 Å². The van der Waals surface area contributed by atoms with Crippen molar-refractivity contribution in [2.24, 2.45) is 0 Å². The maximum atomic E-state index is 12.7. The monoisotopic (exact) mass is 253 g/mol. The first-order valence-corrected chi connectivity index (χ1v) is 5.17. The van der Waals surface area contributed by atoms with Crippen molar-refractivity contribution in [2.75, 3.05) is 5.73 Å². The van der Waals surface area contributed by atoms with Crippen molar-refractivity contribution >= 4 is 17.3 Å². The number of rotatable bonds is 2. The highest BCUT2D eigenvalue weighted by molar-refractivity contribution is 6.28. The normalized spacial score (nSPS) is 10.3. The summed E-state index contributed by atoms with van der Waals surface area (Å²) in [6.45, 7) is 1.69. The van der Waals surface area contributed by atoms with Gasteiger partial charge in [0.1, 0.15) is 17.3 Å². The van der Waals surface area contributed by atoms with E-state index in [-0.39, 0.29) is 17.0 Å². The van der Waals surface area contributed by atoms with E-state index in [2.05, 4.69) is 9.97 Å². The van der Waals surface area contributed by atoms with Crippen LogP contribution >= 0.6 is 11.6 Å². The molecule has 2 aromatic rings. The molecule has 0 aliphatic rings. The van der Waals surface area contributed by atoms with Gasteiger partial charge in [-0.3, -0.25) is 0 Å². The van der Waals surface area contributed by atoms with E-state index in [1.54, 1.807) is 6.92 Å². The van der Waals surface area contributed by atoms with Crippen LogP contribution in [0.4, 0.5) is 10.1 Å². The lowest BCUT2D eigenvalue weighted by Gasteiger charge is -2.08. The van der Waals surface area contributed by atoms with Gasteiger partial charge in [-0.25, -0.2) is 9.37 Å². The molecular weight excluding hydrogens is 245 g/mol. The van der Waals surface area contributed by atoms with E-state index >= 15 is 0 Å². The highest BCUT2D eigenvalue weighted by atomic mass is 35.5. The minimum absolute atomic E-state index is 0.0498. The summed E-state index contributed by atoms with van der Waals surface area (Å²) in [5.74, 6) is 0.239. The minimum atomic E-state index is -0.345. The molecule has 0 saturated carbocycles. The molecular formula is C11H9ClFN3O. The number of hydrogen-bond donors (Lipinski definition) is 1. The second-order valence-electron chi connectivity index (χ2n) is 3.35. The molecule has 2 rings (SSSR count). The molecule has 1 aromatic heterocycles. The molecule has 17 heavy (non-hydrogen) atoms. The lowest BCUT2D eigenvalue weighted by atomic mass is 10.3. The fourth-order valence-corrected chi connectivity index (χ4v) is 1.42. The van der Waals surface area contributed by atoms with Crippen LogP contribution in [0.1, 0.15) is 5.69 Å². The highest BCUT2D eigenvalue weighted by Crippen LogP contribution is 2.28. The summed E-state index contributed by atoms with van der Waals surface area (Å²) in [7, 11) is 0. The lowest BCUT2D eigenvalue weighted by Crippen LogP contribution is -2.00. The summed E-state index contributed by atoms with van der Waals surface area (Å²) in [5.41, 5.74) is 6.58. The SMILES string of the molecule is Cc1nc(Cl)nc(Oc2ccc(F)cc2)c1N. The summed E-state index contributed by atoms with van der Waals surface area (Å²) in [6, 6.07) is 5.50. The molecule has 2 N–H and O–H groups in total. The largest absolute Gasteiger partial charge is 0.437 e. The third-order valence-electron chi connectivity index (χ3n) is 2.10. The van der Waals surface area contributed by atoms with Crippen molar-refractivity contribution in [1.82, 2.24) is 9.97 Å². The van der Waals surface area contributed by atoms with Gasteiger partial charge in [0.05, 0.1) is 5.69 Å². The van der Waals surface area contributed by atoms with Crippen molar-refractivity contribution in [3.05, 3.63) is 41.1 Å². The zero-order valence-corrected chi connectivity index (χ0v) is 9.70. The van der Waals surface area contributed by atoms with Gasteiger partial charge in [-0.2, -0.15) is 4.98 Å². The highest BCUT2D eigenvalue weighted by Gasteiger charge is 2.10. The number of benzene rings is 1. The van der Waals surface area contributed by atoms with Gasteiger partial charge in [-0.1, -0.05) is 0 Å². The molecule has 0 bridgehead atoms. The number of nitrogen functional groups attached to an aromatic ring is 1. The standard InChI is InChI=1S/C11H9ClFN3O/c1-6-9(14)10(16-11(12)15-6)17-8-4-2-7(13)3-5-8/h2-5H,14H2,1H3. The lowest BCUT2D eigenvalue weighted by molar-refractivity contribution is 0.462. The molecule has 0 radical (unpaired) electrons. The van der Waals surface area contributed by atoms with E-state index in [0.717, 1.165) is 0 Å². The fourth-order valence-electron chi connectivity index (χ4n) is 1.21. The predicted octanol–water partition coefficient (Wildman–Crippen LogP) is 2.95. The Morgan fingerprint density at radius 1 is 1.24 bits per heavy atom. The van der Waals surface area contributed by atoms with E-state index in [9.17, 15) is 4.39 Å². The zero-order chi connectivity index (χ0) is 12.4. The van der Waals surface area contributed by atoms with Crippen LogP contribution in [0.25, 0.3) is 0 Å². The van der Waals surface area contributed by atoms with Crippen LogP contribution < -0.4 is 10.5 Å². The molecule has 0 amide bonds. The molecule has 1 heterocycles. The maximum Gasteiger partial charge on any atom is 0.247 e. The van der Waals surface area contributed by atoms with Crippen LogP contribution in [0.5, 0.6) is 11.6 Å². The van der Waals surface area contributed by atoms with Crippen molar-refractivity contribution < 1.29 is 9.13 Å². The molecule has 4 nitrogen and oxygen atoms in total. The Balaban J connectivity index is 2.32. The molecule has 0 aliphatic carbocycles. The van der Waals surface area contributed by atoms with Crippen molar-refractivity contribution in [3.63, 3.8) is 0 Å². The Kier molecular flexibility index (Phi) is 3.10. The van der Waals surface area contributed by atoms with E-state index in [1.807, 2.05) is 0 Å². The van der Waals surface area contributed by atoms with Crippen LogP contribution in [0.2, 0.25) is 5.28 Å². The number of hydrogen-bond acceptors (Lipinski definition) is 4. The van der Waals surface area contributed by atoms with Crippen LogP contribution in [0, 0.1) is 12.7 Å². The Morgan fingerprint density at radius 2 is 1.88 bits per heavy atom. The summed E-state index contributed by atoms with van der Waals surface area (Å²) in [4.78, 5) is 7.74. The second-order valence-corrected chi connectivity index (χ2v) is 3.69. The van der Waals surface area contributed by atoms with Gasteiger partial charge in [0.2, 0.25) is 11.2 Å². The van der Waals surface area contributed by atoms with Gasteiger partial charge < -0.3 is 10.5 Å². The smallest absolute Gasteiger partial charge is 0.247 e. The Hall–Kier alpha value is -1.88. The molecule has 0 atom stereocenters. The van der Waals surface area contributed by atoms with Gasteiger partial charge >= 0.3 is 0 Å². The first-order chi connectivity index (χ1) is 8.06. The molecule has 0 fully saturated rings. The van der Waals surface area contributed by atoms with Crippen LogP contribution in [0.15, 0.2) is 24.3 Å². The predicted molar refractivity (Wildman–Crippen MR) is 62.7 cm³/mol. The van der Waals surface area contributed by atoms with E-state index in [1.165, 1.54) is 24.3 Å². The third-order valence-corrected chi connectivity index (χ3v) is 2.27. The number of aromatic nitrogens is 2. The van der Waals surface area contributed by atoms with Gasteiger partial charge in [0.15, 0.2) is 0 Å². The first kappa shape index (κ1) is 11.6. The van der Waals surface area contributed by atoms with Gasteiger partial charge in [-0.15, -0.1) is 0 Å². The molecule has 0 spiro atoms. The minimum Gasteiger partial charge on any atom is -0.437 e. The van der Waals surface area contributed by atoms with E-state index < -0.39 is 0 Å². The van der Waals surface area contributed by atoms with Crippen molar-refractivity contribution in [3.8, 4) is 11.6 Å². The third kappa shape index (κ3) is 2.62. The quantitative estimate of drug-likeness (QED) is 0.836.